The molecule has 4 rings (SSSR count). The van der Waals surface area contributed by atoms with E-state index in [1.807, 2.05) is 0 Å². The Balaban J connectivity index is 0.000000241. The van der Waals surface area contributed by atoms with Crippen molar-refractivity contribution in [3.8, 4) is 0 Å². The number of Topliss-reactive ketones (excluding diaryl/α,β-unsaturated/α-hetero) is 1. The molecule has 43 heavy (non-hydrogen) atoms. The molecule has 2 aliphatic carbocycles. The molecule has 0 aliphatic heterocycles. The number of hydrogen-bond acceptors (Lipinski definition) is 11. The Hall–Kier alpha value is -2.74. The number of carbonyl (C=O) groups excluding carboxylic acids is 1. The molecule has 238 valence electrons. The molecule has 0 aromatic carbocycles. The van der Waals surface area contributed by atoms with Crippen LogP contribution in [0.1, 0.15) is 91.9 Å². The summed E-state index contributed by atoms with van der Waals surface area (Å²) in [7, 11) is 0. The second-order valence-corrected chi connectivity index (χ2v) is 11.5. The highest BCUT2D eigenvalue weighted by atomic mass is 35.5. The monoisotopic (exact) mass is 660 g/mol. The quantitative estimate of drug-likeness (QED) is 0.118. The Kier molecular flexibility index (Phi) is 15.4. The Morgan fingerprint density at radius 3 is 1.91 bits per heavy atom. The lowest BCUT2D eigenvalue weighted by atomic mass is 10.1. The predicted octanol–water partition coefficient (Wildman–Crippen LogP) is 7.16. The fourth-order valence-electron chi connectivity index (χ4n) is 5.14. The fraction of sp³-hybridized carbons (Fsp3) is 0.667. The summed E-state index contributed by atoms with van der Waals surface area (Å²) in [6, 6.07) is 1.20. The highest BCUT2D eigenvalue weighted by Gasteiger charge is 2.32. The molecule has 0 unspecified atom stereocenters. The van der Waals surface area contributed by atoms with Gasteiger partial charge in [0.2, 0.25) is 21.5 Å². The molecule has 2 saturated carbocycles. The average molecular weight is 662 g/mol. The van der Waals surface area contributed by atoms with E-state index in [-0.39, 0.29) is 45.0 Å². The smallest absolute Gasteiger partial charge is 0.329 e. The van der Waals surface area contributed by atoms with Gasteiger partial charge in [-0.25, -0.2) is 9.97 Å². The largest absolute Gasteiger partial charge is 0.345 e. The summed E-state index contributed by atoms with van der Waals surface area (Å²) >= 11 is 16.5. The molecule has 0 saturated heterocycles. The van der Waals surface area contributed by atoms with E-state index in [4.69, 9.17) is 34.8 Å². The predicted molar refractivity (Wildman–Crippen MR) is 167 cm³/mol. The van der Waals surface area contributed by atoms with Crippen LogP contribution in [0, 0.1) is 20.2 Å². The minimum absolute atomic E-state index is 0.0527. The van der Waals surface area contributed by atoms with Crippen LogP contribution < -0.4 is 10.2 Å². The third-order valence-corrected chi connectivity index (χ3v) is 8.17. The maximum atomic E-state index is 11.2. The van der Waals surface area contributed by atoms with E-state index >= 15 is 0 Å². The molecular weight excluding hydrogens is 623 g/mol. The third kappa shape index (κ3) is 11.4. The van der Waals surface area contributed by atoms with Crippen LogP contribution in [0.3, 0.4) is 0 Å². The van der Waals surface area contributed by atoms with Crippen LogP contribution in [0.15, 0.2) is 12.4 Å². The van der Waals surface area contributed by atoms with Crippen LogP contribution in [0.2, 0.25) is 15.7 Å². The first-order chi connectivity index (χ1) is 20.4. The summed E-state index contributed by atoms with van der Waals surface area (Å²) in [6.07, 6.45) is 13.5. The summed E-state index contributed by atoms with van der Waals surface area (Å²) in [4.78, 5) is 48.1. The summed E-state index contributed by atoms with van der Waals surface area (Å²) in [5, 5.41) is 24.5. The van der Waals surface area contributed by atoms with E-state index in [1.165, 1.54) is 31.9 Å². The van der Waals surface area contributed by atoms with Gasteiger partial charge in [-0.3, -0.25) is 25.0 Å². The van der Waals surface area contributed by atoms with Gasteiger partial charge in [0.25, 0.3) is 0 Å². The van der Waals surface area contributed by atoms with Gasteiger partial charge in [0.15, 0.2) is 0 Å². The zero-order valence-electron chi connectivity index (χ0n) is 24.8. The van der Waals surface area contributed by atoms with Crippen molar-refractivity contribution in [3.63, 3.8) is 0 Å². The van der Waals surface area contributed by atoms with Gasteiger partial charge in [0.05, 0.1) is 15.9 Å². The lowest BCUT2D eigenvalue weighted by Gasteiger charge is -2.34. The summed E-state index contributed by atoms with van der Waals surface area (Å²) in [5.41, 5.74) is -0.419. The first-order valence-electron chi connectivity index (χ1n) is 14.4. The molecule has 0 radical (unpaired) electrons. The topological polar surface area (TPSA) is 170 Å². The van der Waals surface area contributed by atoms with Crippen molar-refractivity contribution >= 4 is 57.8 Å². The Morgan fingerprint density at radius 2 is 1.44 bits per heavy atom. The number of carbonyl (C=O) groups is 1. The van der Waals surface area contributed by atoms with Crippen molar-refractivity contribution in [2.75, 3.05) is 4.90 Å². The first-order valence-corrected chi connectivity index (χ1v) is 15.6. The molecule has 16 heteroatoms. The minimum atomic E-state index is -0.682. The molecule has 2 atom stereocenters. The molecule has 0 spiro atoms. The van der Waals surface area contributed by atoms with Crippen molar-refractivity contribution in [1.29, 1.82) is 0 Å². The molecule has 1 N–H and O–H groups in total. The van der Waals surface area contributed by atoms with Crippen LogP contribution in [0.25, 0.3) is 0 Å². The van der Waals surface area contributed by atoms with Crippen molar-refractivity contribution in [2.45, 2.75) is 116 Å². The van der Waals surface area contributed by atoms with Gasteiger partial charge in [-0.1, -0.05) is 51.1 Å². The zero-order valence-corrected chi connectivity index (χ0v) is 27.1. The van der Waals surface area contributed by atoms with Gasteiger partial charge in [0.1, 0.15) is 18.2 Å². The fourth-order valence-corrected chi connectivity index (χ4v) is 5.65. The lowest BCUT2D eigenvalue weighted by molar-refractivity contribution is -0.385. The third-order valence-electron chi connectivity index (χ3n) is 7.53. The number of rotatable bonds is 10. The zero-order chi connectivity index (χ0) is 32.1. The standard InChI is InChI=1S/C13H19ClN4O2.C10H19NO.C4HCl2N3O2/c1-3-9(2)17(10-6-4-5-7-10)12-11(18(19)20)8-15-13(14)16-12;1-3-10(8(2)12)11-9-6-4-5-7-9;5-3-2(9(10)11)1-7-4(6)8-3/h8-10H,3-7H2,1-2H3;9-11H,3-7H2,1-2H3;1H/t9-;10-;/m01./s1. The van der Waals surface area contributed by atoms with Crippen LogP contribution in [0.4, 0.5) is 17.2 Å². The molecule has 0 bridgehead atoms. The second-order valence-electron chi connectivity index (χ2n) is 10.5. The molecule has 2 aromatic heterocycles. The number of halogens is 3. The van der Waals surface area contributed by atoms with Crippen molar-refractivity contribution in [3.05, 3.63) is 48.3 Å². The molecule has 13 nitrogen and oxygen atoms in total. The normalized spacial score (nSPS) is 16.3. The van der Waals surface area contributed by atoms with Gasteiger partial charge in [-0.05, 0) is 75.6 Å². The highest BCUT2D eigenvalue weighted by Crippen LogP contribution is 2.35. The van der Waals surface area contributed by atoms with Crippen LogP contribution in [0.5, 0.6) is 0 Å². The number of nitrogens with zero attached hydrogens (tertiary/aromatic N) is 7. The molecule has 2 fully saturated rings. The minimum Gasteiger partial charge on any atom is -0.345 e. The summed E-state index contributed by atoms with van der Waals surface area (Å²) < 4.78 is 0. The maximum absolute atomic E-state index is 11.2. The lowest BCUT2D eigenvalue weighted by Crippen LogP contribution is -2.41. The van der Waals surface area contributed by atoms with E-state index in [9.17, 15) is 25.0 Å². The maximum Gasteiger partial charge on any atom is 0.329 e. The van der Waals surface area contributed by atoms with Crippen molar-refractivity contribution in [1.82, 2.24) is 25.3 Å². The van der Waals surface area contributed by atoms with Gasteiger partial charge in [-0.2, -0.15) is 9.97 Å². The summed E-state index contributed by atoms with van der Waals surface area (Å²) in [6.45, 7) is 7.88. The van der Waals surface area contributed by atoms with Gasteiger partial charge < -0.3 is 10.2 Å². The number of nitro groups is 2. The number of ketones is 1. The number of anilines is 1. The Bertz CT molecular complexity index is 1230. The molecule has 2 heterocycles. The van der Waals surface area contributed by atoms with Crippen LogP contribution in [-0.4, -0.2) is 59.7 Å². The van der Waals surface area contributed by atoms with E-state index < -0.39 is 9.85 Å². The average Bonchev–Trinajstić information content (AvgIpc) is 3.67. The van der Waals surface area contributed by atoms with Crippen molar-refractivity contribution < 1.29 is 14.6 Å². The van der Waals surface area contributed by atoms with Crippen molar-refractivity contribution in [2.24, 2.45) is 0 Å². The molecule has 2 aromatic rings. The SMILES string of the molecule is CC[C@@H](NC1CCCC1)C(C)=O.CC[C@H](C)N(c1nc(Cl)ncc1[N+](=O)[O-])C1CCCC1.O=[N+]([O-])c1cnc(Cl)nc1Cl. The number of hydrogen-bond donors (Lipinski definition) is 1. The van der Waals surface area contributed by atoms with Gasteiger partial charge >= 0.3 is 11.4 Å². The van der Waals surface area contributed by atoms with E-state index in [1.54, 1.807) is 6.92 Å². The molecular formula is C27H39Cl3N8O5. The first kappa shape index (κ1) is 36.5. The highest BCUT2D eigenvalue weighted by molar-refractivity contribution is 6.33. The number of aromatic nitrogens is 4. The van der Waals surface area contributed by atoms with E-state index in [0.29, 0.717) is 17.9 Å². The van der Waals surface area contributed by atoms with E-state index in [0.717, 1.165) is 44.7 Å². The summed E-state index contributed by atoms with van der Waals surface area (Å²) in [5.74, 6) is 0.639. The van der Waals surface area contributed by atoms with Crippen LogP contribution >= 0.6 is 34.8 Å². The van der Waals surface area contributed by atoms with Gasteiger partial charge in [0, 0.05) is 18.1 Å². The van der Waals surface area contributed by atoms with Gasteiger partial charge in [-0.15, -0.1) is 0 Å². The molecule has 0 amide bonds. The Morgan fingerprint density at radius 1 is 0.930 bits per heavy atom. The molecule has 2 aliphatic rings. The van der Waals surface area contributed by atoms with E-state index in [2.05, 4.69) is 50.9 Å². The Labute approximate surface area is 266 Å². The van der Waals surface area contributed by atoms with Crippen LogP contribution in [-0.2, 0) is 4.79 Å². The number of nitrogens with one attached hydrogen (secondary N) is 1. The second kappa shape index (κ2) is 18.2.